The SMILES string of the molecule is N[C@H]1CCc2cc(OCc3ccc(CO)cc3)ccc21. The molecule has 0 saturated carbocycles. The Bertz CT molecular complexity index is 592. The Balaban J connectivity index is 1.66. The maximum Gasteiger partial charge on any atom is 0.120 e. The fourth-order valence-electron chi connectivity index (χ4n) is 2.62. The first-order chi connectivity index (χ1) is 9.76. The Morgan fingerprint density at radius 1 is 1.10 bits per heavy atom. The minimum absolute atomic E-state index is 0.0756. The molecule has 3 N–H and O–H groups in total. The Kier molecular flexibility index (Phi) is 3.72. The van der Waals surface area contributed by atoms with Crippen molar-refractivity contribution < 1.29 is 9.84 Å². The summed E-state index contributed by atoms with van der Waals surface area (Å²) >= 11 is 0. The van der Waals surface area contributed by atoms with Gasteiger partial charge in [0.1, 0.15) is 12.4 Å². The van der Waals surface area contributed by atoms with Gasteiger partial charge in [0, 0.05) is 6.04 Å². The smallest absolute Gasteiger partial charge is 0.120 e. The molecule has 0 aliphatic heterocycles. The standard InChI is InChI=1S/C17H19NO2/c18-17-8-5-14-9-15(6-7-16(14)17)20-11-13-3-1-12(10-19)2-4-13/h1-4,6-7,9,17,19H,5,8,10-11,18H2/t17-/m0/s1. The highest BCUT2D eigenvalue weighted by molar-refractivity contribution is 5.40. The van der Waals surface area contributed by atoms with Gasteiger partial charge < -0.3 is 15.6 Å². The van der Waals surface area contributed by atoms with Crippen LogP contribution in [0.15, 0.2) is 42.5 Å². The molecule has 0 heterocycles. The summed E-state index contributed by atoms with van der Waals surface area (Å²) in [7, 11) is 0. The monoisotopic (exact) mass is 269 g/mol. The lowest BCUT2D eigenvalue weighted by Gasteiger charge is -2.09. The fraction of sp³-hybridized carbons (Fsp3) is 0.294. The van der Waals surface area contributed by atoms with E-state index in [0.29, 0.717) is 6.61 Å². The average molecular weight is 269 g/mol. The first-order valence-corrected chi connectivity index (χ1v) is 6.96. The van der Waals surface area contributed by atoms with Gasteiger partial charge in [-0.3, -0.25) is 0 Å². The van der Waals surface area contributed by atoms with Crippen molar-refractivity contribution in [3.05, 3.63) is 64.7 Å². The maximum atomic E-state index is 9.01. The van der Waals surface area contributed by atoms with E-state index in [2.05, 4.69) is 12.1 Å². The molecule has 0 fully saturated rings. The highest BCUT2D eigenvalue weighted by atomic mass is 16.5. The molecule has 1 aliphatic rings. The van der Waals surface area contributed by atoms with Gasteiger partial charge in [0.05, 0.1) is 6.61 Å². The van der Waals surface area contributed by atoms with Crippen LogP contribution >= 0.6 is 0 Å². The molecule has 3 nitrogen and oxygen atoms in total. The lowest BCUT2D eigenvalue weighted by Crippen LogP contribution is -2.05. The number of aliphatic hydroxyl groups is 1. The van der Waals surface area contributed by atoms with Gasteiger partial charge in [-0.25, -0.2) is 0 Å². The van der Waals surface area contributed by atoms with Crippen LogP contribution in [0.2, 0.25) is 0 Å². The summed E-state index contributed by atoms with van der Waals surface area (Å²) in [6, 6.07) is 14.2. The number of benzene rings is 2. The molecule has 0 unspecified atom stereocenters. The van der Waals surface area contributed by atoms with Crippen LogP contribution in [0.3, 0.4) is 0 Å². The van der Waals surface area contributed by atoms with Gasteiger partial charge in [-0.05, 0) is 47.2 Å². The van der Waals surface area contributed by atoms with E-state index < -0.39 is 0 Å². The van der Waals surface area contributed by atoms with Crippen LogP contribution in [0.4, 0.5) is 0 Å². The van der Waals surface area contributed by atoms with Gasteiger partial charge in [-0.2, -0.15) is 0 Å². The van der Waals surface area contributed by atoms with Crippen LogP contribution in [-0.2, 0) is 19.6 Å². The zero-order chi connectivity index (χ0) is 13.9. The van der Waals surface area contributed by atoms with Gasteiger partial charge in [-0.1, -0.05) is 30.3 Å². The molecule has 0 spiro atoms. The van der Waals surface area contributed by atoms with Gasteiger partial charge >= 0.3 is 0 Å². The molecule has 2 aromatic rings. The number of hydrogen-bond acceptors (Lipinski definition) is 3. The van der Waals surface area contributed by atoms with Crippen molar-refractivity contribution in [2.45, 2.75) is 32.1 Å². The molecule has 3 rings (SSSR count). The first-order valence-electron chi connectivity index (χ1n) is 6.96. The second-order valence-electron chi connectivity index (χ2n) is 5.27. The molecule has 0 bridgehead atoms. The number of fused-ring (bicyclic) bond motifs is 1. The number of aryl methyl sites for hydroxylation is 1. The van der Waals surface area contributed by atoms with E-state index in [9.17, 15) is 0 Å². The fourth-order valence-corrected chi connectivity index (χ4v) is 2.62. The number of hydrogen-bond donors (Lipinski definition) is 2. The topological polar surface area (TPSA) is 55.5 Å². The number of rotatable bonds is 4. The third-order valence-corrected chi connectivity index (χ3v) is 3.85. The van der Waals surface area contributed by atoms with Crippen molar-refractivity contribution in [2.24, 2.45) is 5.73 Å². The van der Waals surface area contributed by atoms with Crippen LogP contribution < -0.4 is 10.5 Å². The van der Waals surface area contributed by atoms with Crippen molar-refractivity contribution in [2.75, 3.05) is 0 Å². The molecule has 2 aromatic carbocycles. The quantitative estimate of drug-likeness (QED) is 0.897. The lowest BCUT2D eigenvalue weighted by molar-refractivity contribution is 0.281. The minimum atomic E-state index is 0.0756. The maximum absolute atomic E-state index is 9.01. The third kappa shape index (κ3) is 2.69. The second-order valence-corrected chi connectivity index (χ2v) is 5.27. The predicted molar refractivity (Wildman–Crippen MR) is 78.4 cm³/mol. The second kappa shape index (κ2) is 5.65. The van der Waals surface area contributed by atoms with Crippen molar-refractivity contribution in [3.8, 4) is 5.75 Å². The summed E-state index contributed by atoms with van der Waals surface area (Å²) in [5.41, 5.74) is 10.6. The summed E-state index contributed by atoms with van der Waals surface area (Å²) in [5.74, 6) is 0.893. The summed E-state index contributed by atoms with van der Waals surface area (Å²) in [5, 5.41) is 9.01. The van der Waals surface area contributed by atoms with Crippen LogP contribution in [-0.4, -0.2) is 5.11 Å². The Morgan fingerprint density at radius 2 is 1.85 bits per heavy atom. The van der Waals surface area contributed by atoms with E-state index in [1.807, 2.05) is 30.3 Å². The third-order valence-electron chi connectivity index (χ3n) is 3.85. The largest absolute Gasteiger partial charge is 0.489 e. The van der Waals surface area contributed by atoms with E-state index in [1.54, 1.807) is 0 Å². The van der Waals surface area contributed by atoms with Gasteiger partial charge in [0.2, 0.25) is 0 Å². The van der Waals surface area contributed by atoms with Crippen molar-refractivity contribution >= 4 is 0 Å². The highest BCUT2D eigenvalue weighted by Crippen LogP contribution is 2.32. The van der Waals surface area contributed by atoms with Crippen LogP contribution in [0.25, 0.3) is 0 Å². The molecule has 0 amide bonds. The normalized spacial score (nSPS) is 17.0. The summed E-state index contributed by atoms with van der Waals surface area (Å²) in [6.45, 7) is 0.614. The predicted octanol–water partition coefficient (Wildman–Crippen LogP) is 2.70. The molecular formula is C17H19NO2. The Labute approximate surface area is 119 Å². The van der Waals surface area contributed by atoms with E-state index >= 15 is 0 Å². The van der Waals surface area contributed by atoms with E-state index in [0.717, 1.165) is 29.7 Å². The zero-order valence-electron chi connectivity index (χ0n) is 11.4. The molecular weight excluding hydrogens is 250 g/mol. The molecule has 0 aromatic heterocycles. The summed E-state index contributed by atoms with van der Waals surface area (Å²) < 4.78 is 5.82. The molecule has 0 radical (unpaired) electrons. The van der Waals surface area contributed by atoms with Gasteiger partial charge in [-0.15, -0.1) is 0 Å². The highest BCUT2D eigenvalue weighted by Gasteiger charge is 2.18. The van der Waals surface area contributed by atoms with Gasteiger partial charge in [0.15, 0.2) is 0 Å². The summed E-state index contributed by atoms with van der Waals surface area (Å²) in [4.78, 5) is 0. The number of ether oxygens (including phenoxy) is 1. The lowest BCUT2D eigenvalue weighted by atomic mass is 10.1. The number of nitrogens with two attached hydrogens (primary N) is 1. The molecule has 104 valence electrons. The first kappa shape index (κ1) is 13.2. The van der Waals surface area contributed by atoms with Crippen LogP contribution in [0, 0.1) is 0 Å². The van der Waals surface area contributed by atoms with E-state index in [4.69, 9.17) is 15.6 Å². The van der Waals surface area contributed by atoms with Gasteiger partial charge in [0.25, 0.3) is 0 Å². The van der Waals surface area contributed by atoms with Crippen LogP contribution in [0.1, 0.15) is 34.7 Å². The molecule has 1 atom stereocenters. The minimum Gasteiger partial charge on any atom is -0.489 e. The van der Waals surface area contributed by atoms with E-state index in [-0.39, 0.29) is 12.6 Å². The molecule has 0 saturated heterocycles. The average Bonchev–Trinajstić information content (AvgIpc) is 2.87. The van der Waals surface area contributed by atoms with E-state index in [1.165, 1.54) is 11.1 Å². The molecule has 20 heavy (non-hydrogen) atoms. The van der Waals surface area contributed by atoms with Crippen molar-refractivity contribution in [1.29, 1.82) is 0 Å². The van der Waals surface area contributed by atoms with Crippen LogP contribution in [0.5, 0.6) is 5.75 Å². The zero-order valence-corrected chi connectivity index (χ0v) is 11.4. The van der Waals surface area contributed by atoms with Crippen molar-refractivity contribution in [1.82, 2.24) is 0 Å². The molecule has 3 heteroatoms. The Hall–Kier alpha value is -1.84. The Morgan fingerprint density at radius 3 is 2.60 bits per heavy atom. The van der Waals surface area contributed by atoms with Crippen molar-refractivity contribution in [3.63, 3.8) is 0 Å². The summed E-state index contributed by atoms with van der Waals surface area (Å²) in [6.07, 6.45) is 2.07. The molecule has 1 aliphatic carbocycles. The number of aliphatic hydroxyl groups excluding tert-OH is 1.